The van der Waals surface area contributed by atoms with Crippen LogP contribution in [-0.2, 0) is 10.0 Å². The molecule has 0 bridgehead atoms. The van der Waals surface area contributed by atoms with E-state index < -0.39 is 10.0 Å². The molecular formula is C10H7Cl3N2O2S2. The molecule has 2 aromatic rings. The Morgan fingerprint density at radius 1 is 1.16 bits per heavy atom. The molecule has 2 rings (SSSR count). The molecule has 3 N–H and O–H groups in total. The van der Waals surface area contributed by atoms with E-state index >= 15 is 0 Å². The van der Waals surface area contributed by atoms with Crippen LogP contribution in [0.3, 0.4) is 0 Å². The predicted octanol–water partition coefficient (Wildman–Crippen LogP) is 4.09. The predicted molar refractivity (Wildman–Crippen MR) is 81.0 cm³/mol. The van der Waals surface area contributed by atoms with Crippen LogP contribution in [-0.4, -0.2) is 8.42 Å². The van der Waals surface area contributed by atoms with E-state index in [4.69, 9.17) is 40.5 Å². The first-order chi connectivity index (χ1) is 8.79. The first-order valence-electron chi connectivity index (χ1n) is 4.82. The summed E-state index contributed by atoms with van der Waals surface area (Å²) in [6.45, 7) is 0. The lowest BCUT2D eigenvalue weighted by molar-refractivity contribution is 0.601. The van der Waals surface area contributed by atoms with Crippen LogP contribution < -0.4 is 10.5 Å². The molecule has 0 aliphatic carbocycles. The zero-order valence-electron chi connectivity index (χ0n) is 9.15. The van der Waals surface area contributed by atoms with Crippen molar-refractivity contribution < 1.29 is 8.42 Å². The van der Waals surface area contributed by atoms with Crippen LogP contribution in [0.1, 0.15) is 0 Å². The van der Waals surface area contributed by atoms with Gasteiger partial charge in [-0.2, -0.15) is 0 Å². The number of nitrogens with one attached hydrogen (secondary N) is 1. The van der Waals surface area contributed by atoms with Crippen molar-refractivity contribution in [1.29, 1.82) is 0 Å². The summed E-state index contributed by atoms with van der Waals surface area (Å²) < 4.78 is 27.0. The normalized spacial score (nSPS) is 11.5. The third-order valence-corrected chi connectivity index (χ3v) is 5.53. The number of hydrogen-bond donors (Lipinski definition) is 2. The maximum absolute atomic E-state index is 12.2. The molecule has 0 saturated carbocycles. The SMILES string of the molecule is Nc1ccc(Cl)cc1NS(=O)(=O)c1cc(Cl)sc1Cl. The number of nitrogens with two attached hydrogens (primary N) is 1. The second kappa shape index (κ2) is 5.38. The highest BCUT2D eigenvalue weighted by molar-refractivity contribution is 7.93. The second-order valence-electron chi connectivity index (χ2n) is 3.53. The molecule has 0 aliphatic heterocycles. The van der Waals surface area contributed by atoms with Crippen LogP contribution in [0.5, 0.6) is 0 Å². The van der Waals surface area contributed by atoms with E-state index in [-0.39, 0.29) is 24.9 Å². The summed E-state index contributed by atoms with van der Waals surface area (Å²) in [5, 5.41) is 0.362. The van der Waals surface area contributed by atoms with Gasteiger partial charge < -0.3 is 5.73 Å². The molecule has 0 fully saturated rings. The molecule has 9 heteroatoms. The first-order valence-corrected chi connectivity index (χ1v) is 8.25. The lowest BCUT2D eigenvalue weighted by atomic mass is 10.3. The summed E-state index contributed by atoms with van der Waals surface area (Å²) in [5.41, 5.74) is 6.12. The number of hydrogen-bond acceptors (Lipinski definition) is 4. The van der Waals surface area contributed by atoms with E-state index in [9.17, 15) is 8.42 Å². The zero-order chi connectivity index (χ0) is 14.2. The fraction of sp³-hybridized carbons (Fsp3) is 0. The minimum Gasteiger partial charge on any atom is -0.397 e. The van der Waals surface area contributed by atoms with E-state index in [0.29, 0.717) is 5.02 Å². The molecule has 19 heavy (non-hydrogen) atoms. The van der Waals surface area contributed by atoms with Crippen molar-refractivity contribution in [2.75, 3.05) is 10.5 Å². The van der Waals surface area contributed by atoms with Crippen LogP contribution in [0.15, 0.2) is 29.2 Å². The van der Waals surface area contributed by atoms with Crippen molar-refractivity contribution >= 4 is 67.5 Å². The maximum Gasteiger partial charge on any atom is 0.264 e. The van der Waals surface area contributed by atoms with Crippen LogP contribution in [0.4, 0.5) is 11.4 Å². The van der Waals surface area contributed by atoms with E-state index in [1.807, 2.05) is 0 Å². The quantitative estimate of drug-likeness (QED) is 0.813. The fourth-order valence-electron chi connectivity index (χ4n) is 1.33. The summed E-state index contributed by atoms with van der Waals surface area (Å²) in [6.07, 6.45) is 0. The Labute approximate surface area is 129 Å². The number of benzene rings is 1. The van der Waals surface area contributed by atoms with Gasteiger partial charge in [-0.15, -0.1) is 11.3 Å². The summed E-state index contributed by atoms with van der Waals surface area (Å²) in [4.78, 5) is -0.0939. The number of thiophene rings is 1. The van der Waals surface area contributed by atoms with E-state index in [0.717, 1.165) is 11.3 Å². The Morgan fingerprint density at radius 2 is 1.84 bits per heavy atom. The Morgan fingerprint density at radius 3 is 2.42 bits per heavy atom. The summed E-state index contributed by atoms with van der Waals surface area (Å²) in [5.74, 6) is 0. The average molecular weight is 358 g/mol. The van der Waals surface area contributed by atoms with Gasteiger partial charge in [-0.25, -0.2) is 8.42 Å². The van der Waals surface area contributed by atoms with Crippen LogP contribution in [0, 0.1) is 0 Å². The molecule has 1 heterocycles. The molecule has 1 aromatic heterocycles. The minimum atomic E-state index is -3.86. The van der Waals surface area contributed by atoms with Crippen molar-refractivity contribution in [2.24, 2.45) is 0 Å². The van der Waals surface area contributed by atoms with Gasteiger partial charge in [0.25, 0.3) is 10.0 Å². The Hall–Kier alpha value is -0.660. The Bertz CT molecular complexity index is 728. The topological polar surface area (TPSA) is 72.2 Å². The molecule has 1 aromatic carbocycles. The molecule has 0 atom stereocenters. The summed E-state index contributed by atoms with van der Waals surface area (Å²) in [6, 6.07) is 5.75. The second-order valence-corrected chi connectivity index (χ2v) is 7.90. The third-order valence-electron chi connectivity index (χ3n) is 2.17. The number of sulfonamides is 1. The zero-order valence-corrected chi connectivity index (χ0v) is 13.1. The largest absolute Gasteiger partial charge is 0.397 e. The molecule has 0 saturated heterocycles. The molecule has 0 unspecified atom stereocenters. The standard InChI is InChI=1S/C10H7Cl3N2O2S2/c11-5-1-2-6(14)7(3-5)15-19(16,17)8-4-9(12)18-10(8)13/h1-4,15H,14H2. The Kier molecular flexibility index (Phi) is 4.17. The maximum atomic E-state index is 12.2. The highest BCUT2D eigenvalue weighted by Gasteiger charge is 2.22. The van der Waals surface area contributed by atoms with Gasteiger partial charge in [0, 0.05) is 5.02 Å². The van der Waals surface area contributed by atoms with Crippen molar-refractivity contribution in [2.45, 2.75) is 4.90 Å². The lowest BCUT2D eigenvalue weighted by Gasteiger charge is -2.09. The van der Waals surface area contributed by atoms with Gasteiger partial charge in [-0.1, -0.05) is 34.8 Å². The van der Waals surface area contributed by atoms with Crippen LogP contribution >= 0.6 is 46.1 Å². The van der Waals surface area contributed by atoms with E-state index in [1.165, 1.54) is 18.2 Å². The molecule has 0 radical (unpaired) electrons. The average Bonchev–Trinajstić information content (AvgIpc) is 2.63. The van der Waals surface area contributed by atoms with Gasteiger partial charge in [0.1, 0.15) is 9.23 Å². The molecule has 0 spiro atoms. The number of nitrogen functional groups attached to an aromatic ring is 1. The van der Waals surface area contributed by atoms with E-state index in [2.05, 4.69) is 4.72 Å². The van der Waals surface area contributed by atoms with Gasteiger partial charge in [-0.3, -0.25) is 4.72 Å². The molecule has 0 aliphatic rings. The van der Waals surface area contributed by atoms with Crippen LogP contribution in [0.2, 0.25) is 13.7 Å². The van der Waals surface area contributed by atoms with Gasteiger partial charge in [0.2, 0.25) is 0 Å². The highest BCUT2D eigenvalue weighted by Crippen LogP contribution is 2.35. The highest BCUT2D eigenvalue weighted by atomic mass is 35.5. The number of anilines is 2. The Balaban J connectivity index is 2.42. The van der Waals surface area contributed by atoms with Crippen molar-refractivity contribution in [3.63, 3.8) is 0 Å². The molecular weight excluding hydrogens is 351 g/mol. The van der Waals surface area contributed by atoms with Crippen molar-refractivity contribution in [3.8, 4) is 0 Å². The van der Waals surface area contributed by atoms with Gasteiger partial charge in [0.05, 0.1) is 15.7 Å². The van der Waals surface area contributed by atoms with Gasteiger partial charge in [0.15, 0.2) is 0 Å². The smallest absolute Gasteiger partial charge is 0.264 e. The lowest BCUT2D eigenvalue weighted by Crippen LogP contribution is -2.13. The number of halogens is 3. The van der Waals surface area contributed by atoms with E-state index in [1.54, 1.807) is 6.07 Å². The number of rotatable bonds is 3. The first kappa shape index (κ1) is 14.7. The van der Waals surface area contributed by atoms with Crippen molar-refractivity contribution in [1.82, 2.24) is 0 Å². The molecule has 102 valence electrons. The molecule has 4 nitrogen and oxygen atoms in total. The summed E-state index contributed by atoms with van der Waals surface area (Å²) in [7, 11) is -3.86. The van der Waals surface area contributed by atoms with Gasteiger partial charge >= 0.3 is 0 Å². The monoisotopic (exact) mass is 356 g/mol. The third kappa shape index (κ3) is 3.27. The van der Waals surface area contributed by atoms with Gasteiger partial charge in [-0.05, 0) is 24.3 Å². The fourth-order valence-corrected chi connectivity index (χ4v) is 4.73. The molecule has 0 amide bonds. The van der Waals surface area contributed by atoms with Crippen LogP contribution in [0.25, 0.3) is 0 Å². The minimum absolute atomic E-state index is 0.0816. The van der Waals surface area contributed by atoms with Crippen molar-refractivity contribution in [3.05, 3.63) is 38.0 Å². The summed E-state index contributed by atoms with van der Waals surface area (Å²) >= 11 is 18.3.